The van der Waals surface area contributed by atoms with E-state index in [2.05, 4.69) is 10.3 Å². The fourth-order valence-corrected chi connectivity index (χ4v) is 1.25. The summed E-state index contributed by atoms with van der Waals surface area (Å²) < 4.78 is 42.6. The van der Waals surface area contributed by atoms with Crippen LogP contribution < -0.4 is 11.1 Å². The smallest absolute Gasteiger partial charge is 0.396 e. The van der Waals surface area contributed by atoms with Gasteiger partial charge < -0.3 is 15.8 Å². The van der Waals surface area contributed by atoms with Gasteiger partial charge in [-0.25, -0.2) is 4.98 Å². The Morgan fingerprint density at radius 1 is 1.44 bits per heavy atom. The van der Waals surface area contributed by atoms with Crippen LogP contribution in [-0.2, 0) is 10.9 Å². The number of hydrogen-bond donors (Lipinski definition) is 2. The van der Waals surface area contributed by atoms with Gasteiger partial charge in [0, 0.05) is 6.54 Å². The summed E-state index contributed by atoms with van der Waals surface area (Å²) >= 11 is 0. The summed E-state index contributed by atoms with van der Waals surface area (Å²) in [5.74, 6) is 0. The lowest BCUT2D eigenvalue weighted by Crippen LogP contribution is -2.15. The van der Waals surface area contributed by atoms with Crippen molar-refractivity contribution in [1.82, 2.24) is 4.98 Å². The summed E-state index contributed by atoms with van der Waals surface area (Å²) in [7, 11) is 0. The van der Waals surface area contributed by atoms with Crippen molar-refractivity contribution in [2.24, 2.45) is 0 Å². The van der Waals surface area contributed by atoms with E-state index in [9.17, 15) is 13.2 Å². The van der Waals surface area contributed by atoms with Crippen LogP contribution in [0.5, 0.6) is 0 Å². The number of nitrogens with one attached hydrogen (secondary N) is 1. The van der Waals surface area contributed by atoms with Crippen molar-refractivity contribution in [2.45, 2.75) is 26.1 Å². The molecule has 0 bridgehead atoms. The Morgan fingerprint density at radius 3 is 2.67 bits per heavy atom. The molecule has 1 aromatic heterocycles. The van der Waals surface area contributed by atoms with E-state index in [1.807, 2.05) is 13.8 Å². The molecule has 4 nitrogen and oxygen atoms in total. The van der Waals surface area contributed by atoms with Crippen molar-refractivity contribution in [3.63, 3.8) is 0 Å². The summed E-state index contributed by atoms with van der Waals surface area (Å²) in [5.41, 5.74) is 4.96. The molecular formula is C11H16F3N3O. The molecule has 0 saturated heterocycles. The third-order valence-electron chi connectivity index (χ3n) is 2.09. The molecule has 0 fully saturated rings. The van der Waals surface area contributed by atoms with Crippen molar-refractivity contribution >= 4 is 11.4 Å². The van der Waals surface area contributed by atoms with Gasteiger partial charge in [0.05, 0.1) is 30.3 Å². The van der Waals surface area contributed by atoms with Crippen LogP contribution in [0.1, 0.15) is 19.5 Å². The van der Waals surface area contributed by atoms with E-state index in [-0.39, 0.29) is 17.5 Å². The highest BCUT2D eigenvalue weighted by Gasteiger charge is 2.32. The van der Waals surface area contributed by atoms with Gasteiger partial charge in [-0.3, -0.25) is 0 Å². The maximum absolute atomic E-state index is 12.4. The average molecular weight is 263 g/mol. The number of aromatic nitrogens is 1. The Balaban J connectivity index is 2.64. The Kier molecular flexibility index (Phi) is 4.77. The molecule has 0 unspecified atom stereocenters. The molecular weight excluding hydrogens is 247 g/mol. The van der Waals surface area contributed by atoms with Gasteiger partial charge in [0.1, 0.15) is 5.69 Å². The van der Waals surface area contributed by atoms with Gasteiger partial charge >= 0.3 is 6.18 Å². The molecule has 3 N–H and O–H groups in total. The van der Waals surface area contributed by atoms with Crippen LogP contribution in [0.4, 0.5) is 24.5 Å². The van der Waals surface area contributed by atoms with E-state index in [0.29, 0.717) is 13.2 Å². The molecule has 0 spiro atoms. The largest absolute Gasteiger partial charge is 0.433 e. The number of halogens is 3. The molecule has 0 saturated carbocycles. The molecule has 1 heterocycles. The summed E-state index contributed by atoms with van der Waals surface area (Å²) in [6.45, 7) is 4.52. The number of ether oxygens (including phenoxy) is 1. The lowest BCUT2D eigenvalue weighted by atomic mass is 10.2. The maximum atomic E-state index is 12.4. The van der Waals surface area contributed by atoms with Crippen LogP contribution in [0.3, 0.4) is 0 Å². The SMILES string of the molecule is CC(C)OCCNc1cc(C(F)(F)F)ncc1N. The molecule has 1 rings (SSSR count). The second-order valence-corrected chi connectivity index (χ2v) is 4.00. The van der Waals surface area contributed by atoms with Crippen molar-refractivity contribution in [1.29, 1.82) is 0 Å². The van der Waals surface area contributed by atoms with Gasteiger partial charge in [-0.2, -0.15) is 13.2 Å². The minimum Gasteiger partial charge on any atom is -0.396 e. The van der Waals surface area contributed by atoms with Gasteiger partial charge in [0.25, 0.3) is 0 Å². The van der Waals surface area contributed by atoms with E-state index in [1.165, 1.54) is 0 Å². The first-order valence-corrected chi connectivity index (χ1v) is 5.49. The molecule has 18 heavy (non-hydrogen) atoms. The van der Waals surface area contributed by atoms with E-state index in [4.69, 9.17) is 10.5 Å². The standard InChI is InChI=1S/C11H16F3N3O/c1-7(2)18-4-3-16-9-5-10(11(12,13)14)17-6-8(9)15/h5-7H,3-4,15H2,1-2H3,(H,16,17). The summed E-state index contributed by atoms with van der Waals surface area (Å²) in [6.07, 6.45) is -3.40. The first-order valence-electron chi connectivity index (χ1n) is 5.49. The number of pyridine rings is 1. The van der Waals surface area contributed by atoms with Gasteiger partial charge in [-0.05, 0) is 19.9 Å². The topological polar surface area (TPSA) is 60.2 Å². The summed E-state index contributed by atoms with van der Waals surface area (Å²) in [6, 6.07) is 0.894. The first kappa shape index (κ1) is 14.6. The molecule has 1 aromatic rings. The lowest BCUT2D eigenvalue weighted by Gasteiger charge is -2.13. The molecule has 0 aliphatic rings. The van der Waals surface area contributed by atoms with Gasteiger partial charge in [-0.15, -0.1) is 0 Å². The minimum atomic E-state index is -4.47. The van der Waals surface area contributed by atoms with Gasteiger partial charge in [-0.1, -0.05) is 0 Å². The number of hydrogen-bond acceptors (Lipinski definition) is 4. The zero-order valence-electron chi connectivity index (χ0n) is 10.2. The first-order chi connectivity index (χ1) is 8.30. The van der Waals surface area contributed by atoms with Crippen LogP contribution in [0, 0.1) is 0 Å². The molecule has 0 aromatic carbocycles. The van der Waals surface area contributed by atoms with Gasteiger partial charge in [0.15, 0.2) is 0 Å². The highest BCUT2D eigenvalue weighted by Crippen LogP contribution is 2.30. The number of rotatable bonds is 5. The minimum absolute atomic E-state index is 0.0762. The Hall–Kier alpha value is -1.50. The fourth-order valence-electron chi connectivity index (χ4n) is 1.25. The van der Waals surface area contributed by atoms with Crippen LogP contribution in [0.25, 0.3) is 0 Å². The number of anilines is 2. The third kappa shape index (κ3) is 4.40. The predicted molar refractivity (Wildman–Crippen MR) is 63.2 cm³/mol. The van der Waals surface area contributed by atoms with Crippen molar-refractivity contribution in [3.05, 3.63) is 18.0 Å². The van der Waals surface area contributed by atoms with Crippen LogP contribution >= 0.6 is 0 Å². The average Bonchev–Trinajstić information content (AvgIpc) is 2.24. The monoisotopic (exact) mass is 263 g/mol. The Labute approximate surface area is 103 Å². The molecule has 0 amide bonds. The fraction of sp³-hybridized carbons (Fsp3) is 0.545. The second-order valence-electron chi connectivity index (χ2n) is 4.00. The molecule has 7 heteroatoms. The van der Waals surface area contributed by atoms with Crippen molar-refractivity contribution in [3.8, 4) is 0 Å². The predicted octanol–water partition coefficient (Wildman–Crippen LogP) is 2.52. The lowest BCUT2D eigenvalue weighted by molar-refractivity contribution is -0.141. The summed E-state index contributed by atoms with van der Waals surface area (Å²) in [5, 5.41) is 2.79. The number of alkyl halides is 3. The molecule has 0 radical (unpaired) electrons. The number of nitrogens with two attached hydrogens (primary N) is 1. The zero-order chi connectivity index (χ0) is 13.8. The van der Waals surface area contributed by atoms with E-state index in [0.717, 1.165) is 12.3 Å². The number of nitrogens with zero attached hydrogens (tertiary/aromatic N) is 1. The Morgan fingerprint density at radius 2 is 2.11 bits per heavy atom. The van der Waals surface area contributed by atoms with Crippen molar-refractivity contribution < 1.29 is 17.9 Å². The van der Waals surface area contributed by atoms with Crippen LogP contribution in [0.15, 0.2) is 12.3 Å². The summed E-state index contributed by atoms with van der Waals surface area (Å²) in [4.78, 5) is 3.25. The number of nitrogen functional groups attached to an aromatic ring is 1. The van der Waals surface area contributed by atoms with E-state index >= 15 is 0 Å². The zero-order valence-corrected chi connectivity index (χ0v) is 10.2. The van der Waals surface area contributed by atoms with E-state index in [1.54, 1.807) is 0 Å². The van der Waals surface area contributed by atoms with Crippen LogP contribution in [0.2, 0.25) is 0 Å². The highest BCUT2D eigenvalue weighted by atomic mass is 19.4. The molecule has 0 aliphatic carbocycles. The van der Waals surface area contributed by atoms with Crippen LogP contribution in [-0.4, -0.2) is 24.2 Å². The Bertz CT molecular complexity index is 394. The third-order valence-corrected chi connectivity index (χ3v) is 2.09. The van der Waals surface area contributed by atoms with E-state index < -0.39 is 11.9 Å². The van der Waals surface area contributed by atoms with Gasteiger partial charge in [0.2, 0.25) is 0 Å². The highest BCUT2D eigenvalue weighted by molar-refractivity contribution is 5.65. The molecule has 0 atom stereocenters. The normalized spacial score (nSPS) is 11.9. The maximum Gasteiger partial charge on any atom is 0.433 e. The molecule has 0 aliphatic heterocycles. The quantitative estimate of drug-likeness (QED) is 0.801. The molecule has 102 valence electrons. The second kappa shape index (κ2) is 5.90. The van der Waals surface area contributed by atoms with Crippen molar-refractivity contribution in [2.75, 3.05) is 24.2 Å².